The molecule has 0 bridgehead atoms. The largest absolute Gasteiger partial charge is 0.372 e. The fraction of sp³-hybridized carbons (Fsp3) is 0.391. The summed E-state index contributed by atoms with van der Waals surface area (Å²) < 4.78 is 0. The lowest BCUT2D eigenvalue weighted by atomic mass is 9.99. The molecule has 0 saturated carbocycles. The minimum absolute atomic E-state index is 0.433. The standard InChI is InChI=1S/C23H29N3O2/c1-4-26(21-7-5-6-18(3)16-21)23(28)22(27)24-19-8-10-20(11-9-19)25-14-12-17(2)13-15-25/h5-11,16-17H,4,12-15H2,1-3H3,(H,24,27). The van der Waals surface area contributed by atoms with Gasteiger partial charge < -0.3 is 15.1 Å². The van der Waals surface area contributed by atoms with E-state index >= 15 is 0 Å². The van der Waals surface area contributed by atoms with E-state index in [9.17, 15) is 9.59 Å². The summed E-state index contributed by atoms with van der Waals surface area (Å²) in [6, 6.07) is 15.3. The van der Waals surface area contributed by atoms with Crippen LogP contribution in [0.3, 0.4) is 0 Å². The van der Waals surface area contributed by atoms with Crippen LogP contribution in [0.25, 0.3) is 0 Å². The zero-order valence-corrected chi connectivity index (χ0v) is 16.9. The number of likely N-dealkylation sites (N-methyl/N-ethyl adjacent to an activating group) is 1. The second kappa shape index (κ2) is 8.91. The van der Waals surface area contributed by atoms with Gasteiger partial charge >= 0.3 is 11.8 Å². The molecule has 3 rings (SSSR count). The second-order valence-electron chi connectivity index (χ2n) is 7.56. The number of rotatable bonds is 4. The van der Waals surface area contributed by atoms with Crippen LogP contribution in [0.5, 0.6) is 0 Å². The Morgan fingerprint density at radius 2 is 1.79 bits per heavy atom. The Morgan fingerprint density at radius 3 is 2.39 bits per heavy atom. The van der Waals surface area contributed by atoms with Gasteiger partial charge in [0.25, 0.3) is 0 Å². The molecule has 0 unspecified atom stereocenters. The summed E-state index contributed by atoms with van der Waals surface area (Å²) in [5, 5.41) is 2.73. The highest BCUT2D eigenvalue weighted by atomic mass is 16.2. The lowest BCUT2D eigenvalue weighted by molar-refractivity contribution is -0.134. The maximum absolute atomic E-state index is 12.6. The van der Waals surface area contributed by atoms with E-state index in [2.05, 4.69) is 17.1 Å². The Bertz CT molecular complexity index is 824. The molecule has 2 aromatic rings. The molecule has 1 N–H and O–H groups in total. The van der Waals surface area contributed by atoms with Crippen molar-refractivity contribution in [3.63, 3.8) is 0 Å². The Hall–Kier alpha value is -2.82. The third-order valence-corrected chi connectivity index (χ3v) is 5.34. The topological polar surface area (TPSA) is 52.7 Å². The van der Waals surface area contributed by atoms with E-state index in [1.807, 2.05) is 62.4 Å². The summed E-state index contributed by atoms with van der Waals surface area (Å²) in [6.45, 7) is 8.68. The van der Waals surface area contributed by atoms with Crippen molar-refractivity contribution < 1.29 is 9.59 Å². The Balaban J connectivity index is 1.64. The van der Waals surface area contributed by atoms with Crippen molar-refractivity contribution >= 4 is 28.9 Å². The smallest absolute Gasteiger partial charge is 0.316 e. The minimum atomic E-state index is -0.622. The molecule has 2 aromatic carbocycles. The molecule has 0 aliphatic carbocycles. The monoisotopic (exact) mass is 379 g/mol. The number of amides is 2. The molecule has 0 atom stereocenters. The molecule has 1 aliphatic heterocycles. The molecule has 1 heterocycles. The van der Waals surface area contributed by atoms with Gasteiger partial charge in [0.15, 0.2) is 0 Å². The molecule has 5 heteroatoms. The fourth-order valence-electron chi connectivity index (χ4n) is 3.57. The SMILES string of the molecule is CCN(C(=O)C(=O)Nc1ccc(N2CCC(C)CC2)cc1)c1cccc(C)c1. The first-order valence-electron chi connectivity index (χ1n) is 10.0. The third kappa shape index (κ3) is 4.71. The summed E-state index contributed by atoms with van der Waals surface area (Å²) in [6.07, 6.45) is 2.41. The highest BCUT2D eigenvalue weighted by Gasteiger charge is 2.22. The maximum Gasteiger partial charge on any atom is 0.316 e. The number of nitrogens with one attached hydrogen (secondary N) is 1. The second-order valence-corrected chi connectivity index (χ2v) is 7.56. The van der Waals surface area contributed by atoms with Gasteiger partial charge in [-0.15, -0.1) is 0 Å². The van der Waals surface area contributed by atoms with E-state index in [1.54, 1.807) is 0 Å². The molecule has 28 heavy (non-hydrogen) atoms. The number of hydrogen-bond acceptors (Lipinski definition) is 3. The number of anilines is 3. The molecule has 2 amide bonds. The lowest BCUT2D eigenvalue weighted by Gasteiger charge is -2.32. The average Bonchev–Trinajstić information content (AvgIpc) is 2.70. The molecule has 5 nitrogen and oxygen atoms in total. The van der Waals surface area contributed by atoms with Gasteiger partial charge in [0, 0.05) is 36.7 Å². The Labute approximate surface area is 167 Å². The molecular formula is C23H29N3O2. The number of carbonyl (C=O) groups excluding carboxylic acids is 2. The summed E-state index contributed by atoms with van der Waals surface area (Å²) in [5.41, 5.74) is 3.57. The summed E-state index contributed by atoms with van der Waals surface area (Å²) in [4.78, 5) is 29.0. The van der Waals surface area contributed by atoms with E-state index in [0.29, 0.717) is 12.2 Å². The average molecular weight is 380 g/mol. The Kier molecular flexibility index (Phi) is 6.34. The third-order valence-electron chi connectivity index (χ3n) is 5.34. The predicted octanol–water partition coefficient (Wildman–Crippen LogP) is 4.22. The van der Waals surface area contributed by atoms with Gasteiger partial charge in [0.2, 0.25) is 0 Å². The van der Waals surface area contributed by atoms with E-state index < -0.39 is 11.8 Å². The van der Waals surface area contributed by atoms with Crippen LogP contribution < -0.4 is 15.1 Å². The van der Waals surface area contributed by atoms with E-state index in [4.69, 9.17) is 0 Å². The molecule has 0 spiro atoms. The molecule has 1 aliphatic rings. The van der Waals surface area contributed by atoms with Gasteiger partial charge in [0.05, 0.1) is 0 Å². The van der Waals surface area contributed by atoms with Crippen molar-refractivity contribution in [2.75, 3.05) is 34.8 Å². The first-order valence-corrected chi connectivity index (χ1v) is 10.0. The van der Waals surface area contributed by atoms with Gasteiger partial charge in [-0.3, -0.25) is 9.59 Å². The van der Waals surface area contributed by atoms with Crippen molar-refractivity contribution in [3.05, 3.63) is 54.1 Å². The first kappa shape index (κ1) is 19.9. The highest BCUT2D eigenvalue weighted by Crippen LogP contribution is 2.24. The fourth-order valence-corrected chi connectivity index (χ4v) is 3.57. The van der Waals surface area contributed by atoms with Crippen LogP contribution in [0.2, 0.25) is 0 Å². The van der Waals surface area contributed by atoms with Crippen molar-refractivity contribution in [1.29, 1.82) is 0 Å². The van der Waals surface area contributed by atoms with Crippen LogP contribution in [0.1, 0.15) is 32.3 Å². The van der Waals surface area contributed by atoms with Crippen LogP contribution in [0.15, 0.2) is 48.5 Å². The number of benzene rings is 2. The minimum Gasteiger partial charge on any atom is -0.372 e. The van der Waals surface area contributed by atoms with Gasteiger partial charge in [0.1, 0.15) is 0 Å². The summed E-state index contributed by atoms with van der Waals surface area (Å²) >= 11 is 0. The normalized spacial score (nSPS) is 14.6. The molecule has 148 valence electrons. The van der Waals surface area contributed by atoms with Crippen LogP contribution in [-0.4, -0.2) is 31.4 Å². The number of nitrogens with zero attached hydrogens (tertiary/aromatic N) is 2. The predicted molar refractivity (Wildman–Crippen MR) is 115 cm³/mol. The molecular weight excluding hydrogens is 350 g/mol. The van der Waals surface area contributed by atoms with Gasteiger partial charge in [-0.25, -0.2) is 0 Å². The summed E-state index contributed by atoms with van der Waals surface area (Å²) in [5.74, 6) is -0.388. The lowest BCUT2D eigenvalue weighted by Crippen LogP contribution is -2.39. The van der Waals surface area contributed by atoms with Crippen LogP contribution in [-0.2, 0) is 9.59 Å². The van der Waals surface area contributed by atoms with Crippen molar-refractivity contribution in [2.24, 2.45) is 5.92 Å². The van der Waals surface area contributed by atoms with Gasteiger partial charge in [-0.05, 0) is 74.6 Å². The van der Waals surface area contributed by atoms with Crippen molar-refractivity contribution in [2.45, 2.75) is 33.6 Å². The summed E-state index contributed by atoms with van der Waals surface area (Å²) in [7, 11) is 0. The zero-order valence-electron chi connectivity index (χ0n) is 16.9. The van der Waals surface area contributed by atoms with Crippen molar-refractivity contribution in [1.82, 2.24) is 0 Å². The first-order chi connectivity index (χ1) is 13.5. The molecule has 1 saturated heterocycles. The van der Waals surface area contributed by atoms with E-state index in [1.165, 1.54) is 17.7 Å². The van der Waals surface area contributed by atoms with Crippen LogP contribution >= 0.6 is 0 Å². The van der Waals surface area contributed by atoms with Crippen LogP contribution in [0, 0.1) is 12.8 Å². The van der Waals surface area contributed by atoms with Gasteiger partial charge in [-0.2, -0.15) is 0 Å². The number of aryl methyl sites for hydroxylation is 1. The van der Waals surface area contributed by atoms with E-state index in [0.717, 1.165) is 35.9 Å². The molecule has 0 radical (unpaired) electrons. The maximum atomic E-state index is 12.6. The van der Waals surface area contributed by atoms with Gasteiger partial charge in [-0.1, -0.05) is 19.1 Å². The highest BCUT2D eigenvalue weighted by molar-refractivity contribution is 6.44. The quantitative estimate of drug-likeness (QED) is 0.809. The Morgan fingerprint density at radius 1 is 1.11 bits per heavy atom. The van der Waals surface area contributed by atoms with E-state index in [-0.39, 0.29) is 0 Å². The molecule has 0 aromatic heterocycles. The molecule has 1 fully saturated rings. The number of piperidine rings is 1. The van der Waals surface area contributed by atoms with Crippen molar-refractivity contribution in [3.8, 4) is 0 Å². The van der Waals surface area contributed by atoms with Crippen LogP contribution in [0.4, 0.5) is 17.1 Å². The zero-order chi connectivity index (χ0) is 20.1. The number of hydrogen-bond donors (Lipinski definition) is 1. The number of carbonyl (C=O) groups is 2.